The van der Waals surface area contributed by atoms with Gasteiger partial charge in [-0.1, -0.05) is 12.1 Å². The van der Waals surface area contributed by atoms with Gasteiger partial charge in [0, 0.05) is 0 Å². The largest absolute Gasteiger partial charge is 0.478 e. The molecular formula is C9H7BrO2. The predicted molar refractivity (Wildman–Crippen MR) is 48.7 cm³/mol. The Morgan fingerprint density at radius 1 is 1.42 bits per heavy atom. The van der Waals surface area contributed by atoms with E-state index in [0.717, 1.165) is 0 Å². The first kappa shape index (κ1) is 7.80. The van der Waals surface area contributed by atoms with Gasteiger partial charge in [0.25, 0.3) is 0 Å². The van der Waals surface area contributed by atoms with Gasteiger partial charge in [-0.05, 0) is 28.1 Å². The molecular weight excluding hydrogens is 220 g/mol. The Bertz CT molecular complexity index is 322. The maximum atomic E-state index is 11.4. The maximum Gasteiger partial charge on any atom is 0.171 e. The van der Waals surface area contributed by atoms with Gasteiger partial charge >= 0.3 is 0 Å². The lowest BCUT2D eigenvalue weighted by Crippen LogP contribution is -2.21. The molecule has 1 aromatic rings. The Hall–Kier alpha value is -0.830. The van der Waals surface area contributed by atoms with Gasteiger partial charge in [0.05, 0.1) is 12.0 Å². The van der Waals surface area contributed by atoms with E-state index in [9.17, 15) is 4.79 Å². The fourth-order valence-electron chi connectivity index (χ4n) is 1.23. The zero-order valence-corrected chi connectivity index (χ0v) is 7.87. The number of benzene rings is 1. The van der Waals surface area contributed by atoms with Crippen LogP contribution in [0.3, 0.4) is 0 Å². The zero-order valence-electron chi connectivity index (χ0n) is 6.29. The number of carbonyl (C=O) groups excluding carboxylic acids is 1. The van der Waals surface area contributed by atoms with Crippen molar-refractivity contribution in [3.05, 3.63) is 29.8 Å². The average Bonchev–Trinajstić information content (AvgIpc) is 2.04. The quantitative estimate of drug-likeness (QED) is 0.636. The van der Waals surface area contributed by atoms with E-state index in [4.69, 9.17) is 4.74 Å². The highest BCUT2D eigenvalue weighted by Crippen LogP contribution is 2.28. The Morgan fingerprint density at radius 2 is 2.17 bits per heavy atom. The Morgan fingerprint density at radius 3 is 3.00 bits per heavy atom. The summed E-state index contributed by atoms with van der Waals surface area (Å²) in [5.41, 5.74) is 0.688. The summed E-state index contributed by atoms with van der Waals surface area (Å²) < 4.78 is 5.40. The molecule has 62 valence electrons. The lowest BCUT2D eigenvalue weighted by atomic mass is 10.1. The second-order valence-electron chi connectivity index (χ2n) is 2.65. The van der Waals surface area contributed by atoms with E-state index in [2.05, 4.69) is 15.9 Å². The van der Waals surface area contributed by atoms with Gasteiger partial charge < -0.3 is 4.74 Å². The van der Waals surface area contributed by atoms with Crippen LogP contribution in [0.4, 0.5) is 0 Å². The van der Waals surface area contributed by atoms with E-state index in [1.807, 2.05) is 12.1 Å². The van der Waals surface area contributed by atoms with Crippen LogP contribution in [0.1, 0.15) is 16.8 Å². The van der Waals surface area contributed by atoms with Crippen LogP contribution in [-0.4, -0.2) is 10.8 Å². The fraction of sp³-hybridized carbons (Fsp3) is 0.222. The molecule has 1 aliphatic rings. The first-order valence-corrected chi connectivity index (χ1v) is 4.62. The van der Waals surface area contributed by atoms with E-state index >= 15 is 0 Å². The fourth-order valence-corrected chi connectivity index (χ4v) is 1.73. The second-order valence-corrected chi connectivity index (χ2v) is 3.67. The smallest absolute Gasteiger partial charge is 0.171 e. The molecule has 1 aromatic carbocycles. The van der Waals surface area contributed by atoms with Crippen molar-refractivity contribution in [1.82, 2.24) is 0 Å². The molecule has 0 amide bonds. The minimum atomic E-state index is -0.167. The van der Waals surface area contributed by atoms with Crippen molar-refractivity contribution in [1.29, 1.82) is 0 Å². The van der Waals surface area contributed by atoms with Crippen LogP contribution in [0.5, 0.6) is 5.75 Å². The zero-order chi connectivity index (χ0) is 8.55. The van der Waals surface area contributed by atoms with Gasteiger partial charge in [0.1, 0.15) is 5.75 Å². The van der Waals surface area contributed by atoms with Crippen molar-refractivity contribution in [2.45, 2.75) is 11.4 Å². The summed E-state index contributed by atoms with van der Waals surface area (Å²) in [5.74, 6) is 0.814. The Kier molecular flexibility index (Phi) is 1.89. The summed E-state index contributed by atoms with van der Waals surface area (Å²) in [7, 11) is 0. The van der Waals surface area contributed by atoms with E-state index in [0.29, 0.717) is 17.7 Å². The Labute approximate surface area is 78.7 Å². The highest BCUT2D eigenvalue weighted by atomic mass is 79.9. The van der Waals surface area contributed by atoms with Crippen molar-refractivity contribution in [2.24, 2.45) is 0 Å². The van der Waals surface area contributed by atoms with Crippen LogP contribution in [0.15, 0.2) is 24.3 Å². The first-order valence-electron chi connectivity index (χ1n) is 3.70. The monoisotopic (exact) mass is 226 g/mol. The number of ketones is 1. The second kappa shape index (κ2) is 2.90. The van der Waals surface area contributed by atoms with E-state index in [1.54, 1.807) is 12.1 Å². The number of rotatable bonds is 0. The first-order chi connectivity index (χ1) is 5.77. The van der Waals surface area contributed by atoms with Gasteiger partial charge in [0.2, 0.25) is 0 Å². The molecule has 0 saturated heterocycles. The molecule has 2 rings (SSSR count). The minimum absolute atomic E-state index is 0.138. The topological polar surface area (TPSA) is 26.3 Å². The molecule has 1 heterocycles. The normalized spacial score (nSPS) is 21.4. The summed E-state index contributed by atoms with van der Waals surface area (Å²) in [6.45, 7) is 0. The van der Waals surface area contributed by atoms with Gasteiger partial charge in [-0.25, -0.2) is 0 Å². The molecule has 0 aromatic heterocycles. The number of ether oxygens (including phenoxy) is 1. The molecule has 12 heavy (non-hydrogen) atoms. The van der Waals surface area contributed by atoms with Crippen LogP contribution < -0.4 is 4.74 Å². The van der Waals surface area contributed by atoms with Crippen LogP contribution in [0.25, 0.3) is 0 Å². The van der Waals surface area contributed by atoms with E-state index in [-0.39, 0.29) is 10.8 Å². The molecule has 1 aliphatic heterocycles. The third-order valence-electron chi connectivity index (χ3n) is 1.79. The summed E-state index contributed by atoms with van der Waals surface area (Å²) in [6, 6.07) is 7.29. The standard InChI is InChI=1S/C9H7BrO2/c10-9-5-7(11)6-3-1-2-4-8(6)12-9/h1-4,9H,5H2. The number of hydrogen-bond donors (Lipinski definition) is 0. The summed E-state index contributed by atoms with van der Waals surface area (Å²) in [4.78, 5) is 11.4. The van der Waals surface area contributed by atoms with Gasteiger partial charge in [-0.3, -0.25) is 4.79 Å². The molecule has 0 bridgehead atoms. The van der Waals surface area contributed by atoms with Gasteiger partial charge in [-0.15, -0.1) is 0 Å². The van der Waals surface area contributed by atoms with Crippen molar-refractivity contribution < 1.29 is 9.53 Å². The highest BCUT2D eigenvalue weighted by molar-refractivity contribution is 9.09. The number of para-hydroxylation sites is 1. The molecule has 2 nitrogen and oxygen atoms in total. The molecule has 1 atom stereocenters. The molecule has 0 aliphatic carbocycles. The molecule has 0 spiro atoms. The van der Waals surface area contributed by atoms with Crippen LogP contribution >= 0.6 is 15.9 Å². The summed E-state index contributed by atoms with van der Waals surface area (Å²) >= 11 is 3.26. The minimum Gasteiger partial charge on any atom is -0.478 e. The molecule has 0 fully saturated rings. The third-order valence-corrected chi connectivity index (χ3v) is 2.30. The SMILES string of the molecule is O=C1CC(Br)Oc2ccccc21. The summed E-state index contributed by atoms with van der Waals surface area (Å²) in [6.07, 6.45) is 0.414. The van der Waals surface area contributed by atoms with E-state index in [1.165, 1.54) is 0 Å². The number of hydrogen-bond acceptors (Lipinski definition) is 2. The molecule has 1 unspecified atom stereocenters. The third kappa shape index (κ3) is 1.25. The lowest BCUT2D eigenvalue weighted by molar-refractivity contribution is 0.0921. The van der Waals surface area contributed by atoms with Crippen LogP contribution in [0, 0.1) is 0 Å². The molecule has 0 saturated carbocycles. The summed E-state index contributed by atoms with van der Waals surface area (Å²) in [5, 5.41) is -0.167. The lowest BCUT2D eigenvalue weighted by Gasteiger charge is -2.20. The number of alkyl halides is 1. The highest BCUT2D eigenvalue weighted by Gasteiger charge is 2.23. The van der Waals surface area contributed by atoms with E-state index < -0.39 is 0 Å². The van der Waals surface area contributed by atoms with Gasteiger partial charge in [0.15, 0.2) is 10.8 Å². The number of halogens is 1. The maximum absolute atomic E-state index is 11.4. The predicted octanol–water partition coefficient (Wildman–Crippen LogP) is 2.37. The number of carbonyl (C=O) groups is 1. The molecule has 3 heteroatoms. The van der Waals surface area contributed by atoms with Crippen LogP contribution in [0.2, 0.25) is 0 Å². The van der Waals surface area contributed by atoms with Crippen molar-refractivity contribution in [2.75, 3.05) is 0 Å². The molecule has 0 radical (unpaired) electrons. The Balaban J connectivity index is 2.47. The van der Waals surface area contributed by atoms with Crippen molar-refractivity contribution in [3.8, 4) is 5.75 Å². The van der Waals surface area contributed by atoms with Gasteiger partial charge in [-0.2, -0.15) is 0 Å². The van der Waals surface area contributed by atoms with Crippen molar-refractivity contribution >= 4 is 21.7 Å². The molecule has 0 N–H and O–H groups in total. The van der Waals surface area contributed by atoms with Crippen molar-refractivity contribution in [3.63, 3.8) is 0 Å². The average molecular weight is 227 g/mol. The van der Waals surface area contributed by atoms with Crippen LogP contribution in [-0.2, 0) is 0 Å². The number of fused-ring (bicyclic) bond motifs is 1. The number of Topliss-reactive ketones (excluding diaryl/α,β-unsaturated/α-hetero) is 1.